The van der Waals surface area contributed by atoms with Crippen molar-refractivity contribution in [2.45, 2.75) is 19.3 Å². The van der Waals surface area contributed by atoms with Crippen LogP contribution in [0.5, 0.6) is 0 Å². The standard InChI is InChI=1S/C20H16Cl2FN3O3/c21-15-9-17-19(28)24-10-12(26(17)18(15)22)7-11-1-2-16(23)14(8-11)20(29)25-5-3-13(27)4-6-25/h1-2,8-10H,3-7H2,(H,24,28). The zero-order valence-electron chi connectivity index (χ0n) is 15.2. The minimum Gasteiger partial charge on any atom is -0.338 e. The predicted octanol–water partition coefficient (Wildman–Crippen LogP) is 3.47. The van der Waals surface area contributed by atoms with E-state index in [1.54, 1.807) is 6.07 Å². The molecule has 1 saturated heterocycles. The molecule has 1 aliphatic heterocycles. The van der Waals surface area contributed by atoms with Gasteiger partial charge in [-0.05, 0) is 23.8 Å². The maximum Gasteiger partial charge on any atom is 0.272 e. The van der Waals surface area contributed by atoms with Crippen molar-refractivity contribution in [3.05, 3.63) is 73.6 Å². The number of aromatic amines is 1. The Morgan fingerprint density at radius 3 is 2.59 bits per heavy atom. The smallest absolute Gasteiger partial charge is 0.272 e. The Balaban J connectivity index is 1.68. The van der Waals surface area contributed by atoms with Crippen molar-refractivity contribution in [2.24, 2.45) is 0 Å². The molecule has 6 nitrogen and oxygen atoms in total. The van der Waals surface area contributed by atoms with Crippen LogP contribution in [0.3, 0.4) is 0 Å². The van der Waals surface area contributed by atoms with Crippen LogP contribution < -0.4 is 5.56 Å². The van der Waals surface area contributed by atoms with Gasteiger partial charge in [-0.25, -0.2) is 4.39 Å². The SMILES string of the molecule is O=C1CCN(C(=O)c2cc(Cc3c[nH]c(=O)c4cc(Cl)c(Cl)n34)ccc2F)CC1. The molecular formula is C20H16Cl2FN3O3. The van der Waals surface area contributed by atoms with Crippen molar-refractivity contribution >= 4 is 40.4 Å². The number of benzene rings is 1. The van der Waals surface area contributed by atoms with Crippen LogP contribution in [0.4, 0.5) is 4.39 Å². The Labute approximate surface area is 174 Å². The highest BCUT2D eigenvalue weighted by atomic mass is 35.5. The second-order valence-corrected chi connectivity index (χ2v) is 7.70. The lowest BCUT2D eigenvalue weighted by Crippen LogP contribution is -2.39. The first kappa shape index (κ1) is 19.7. The summed E-state index contributed by atoms with van der Waals surface area (Å²) in [5, 5.41) is 0.457. The second-order valence-electron chi connectivity index (χ2n) is 6.93. The fourth-order valence-electron chi connectivity index (χ4n) is 3.51. The summed E-state index contributed by atoms with van der Waals surface area (Å²) in [5.41, 5.74) is 1.21. The highest BCUT2D eigenvalue weighted by Gasteiger charge is 2.24. The minimum absolute atomic E-state index is 0.0471. The van der Waals surface area contributed by atoms with Crippen LogP contribution in [-0.4, -0.2) is 39.1 Å². The first-order chi connectivity index (χ1) is 13.8. The van der Waals surface area contributed by atoms with E-state index in [9.17, 15) is 18.8 Å². The summed E-state index contributed by atoms with van der Waals surface area (Å²) in [6, 6.07) is 5.78. The molecule has 3 heterocycles. The van der Waals surface area contributed by atoms with E-state index in [1.807, 2.05) is 0 Å². The van der Waals surface area contributed by atoms with Gasteiger partial charge in [-0.3, -0.25) is 18.8 Å². The molecule has 2 aromatic heterocycles. The number of carbonyl (C=O) groups is 2. The summed E-state index contributed by atoms with van der Waals surface area (Å²) >= 11 is 12.3. The fraction of sp³-hybridized carbons (Fsp3) is 0.250. The zero-order valence-corrected chi connectivity index (χ0v) is 16.7. The topological polar surface area (TPSA) is 74.7 Å². The molecule has 0 spiro atoms. The normalized spacial score (nSPS) is 14.6. The van der Waals surface area contributed by atoms with E-state index in [4.69, 9.17) is 23.2 Å². The Morgan fingerprint density at radius 2 is 1.86 bits per heavy atom. The van der Waals surface area contributed by atoms with Crippen LogP contribution in [-0.2, 0) is 11.2 Å². The van der Waals surface area contributed by atoms with Gasteiger partial charge in [-0.15, -0.1) is 0 Å². The molecule has 9 heteroatoms. The van der Waals surface area contributed by atoms with E-state index >= 15 is 0 Å². The number of likely N-dealkylation sites (tertiary alicyclic amines) is 1. The van der Waals surface area contributed by atoms with Crippen LogP contribution in [0.25, 0.3) is 5.52 Å². The Bertz CT molecular complexity index is 1190. The van der Waals surface area contributed by atoms with Gasteiger partial charge in [-0.1, -0.05) is 29.3 Å². The summed E-state index contributed by atoms with van der Waals surface area (Å²) in [6.45, 7) is 0.582. The molecule has 0 atom stereocenters. The number of aromatic nitrogens is 2. The van der Waals surface area contributed by atoms with Crippen molar-refractivity contribution < 1.29 is 14.0 Å². The second kappa shape index (κ2) is 7.65. The van der Waals surface area contributed by atoms with E-state index in [2.05, 4.69) is 4.98 Å². The molecule has 0 aliphatic carbocycles. The number of carbonyl (C=O) groups excluding carboxylic acids is 2. The number of Topliss-reactive ketones (excluding diaryl/α,β-unsaturated/α-hetero) is 1. The highest BCUT2D eigenvalue weighted by Crippen LogP contribution is 2.27. The number of fused-ring (bicyclic) bond motifs is 1. The van der Waals surface area contributed by atoms with Gasteiger partial charge in [0.2, 0.25) is 0 Å². The van der Waals surface area contributed by atoms with E-state index in [0.717, 1.165) is 0 Å². The number of piperidine rings is 1. The van der Waals surface area contributed by atoms with Crippen LogP contribution in [0.2, 0.25) is 10.2 Å². The lowest BCUT2D eigenvalue weighted by atomic mass is 10.0. The molecule has 1 amide bonds. The lowest BCUT2D eigenvalue weighted by molar-refractivity contribution is -0.120. The number of hydrogen-bond acceptors (Lipinski definition) is 3. The summed E-state index contributed by atoms with van der Waals surface area (Å²) in [5.74, 6) is -0.956. The first-order valence-electron chi connectivity index (χ1n) is 9.01. The number of ketones is 1. The van der Waals surface area contributed by atoms with Gasteiger partial charge in [-0.2, -0.15) is 0 Å². The van der Waals surface area contributed by atoms with Crippen molar-refractivity contribution in [3.8, 4) is 0 Å². The Kier molecular flexibility index (Phi) is 5.19. The molecule has 3 aromatic rings. The predicted molar refractivity (Wildman–Crippen MR) is 107 cm³/mol. The molecular weight excluding hydrogens is 420 g/mol. The lowest BCUT2D eigenvalue weighted by Gasteiger charge is -2.26. The summed E-state index contributed by atoms with van der Waals surface area (Å²) in [7, 11) is 0. The number of rotatable bonds is 3. The molecule has 0 saturated carbocycles. The number of H-pyrrole nitrogens is 1. The van der Waals surface area contributed by atoms with Crippen LogP contribution in [0, 0.1) is 5.82 Å². The molecule has 4 rings (SSSR count). The van der Waals surface area contributed by atoms with Gasteiger partial charge in [0.25, 0.3) is 11.5 Å². The number of halogens is 3. The molecule has 1 aliphatic rings. The Morgan fingerprint density at radius 1 is 1.14 bits per heavy atom. The summed E-state index contributed by atoms with van der Waals surface area (Å²) in [4.78, 5) is 40.3. The van der Waals surface area contributed by atoms with E-state index in [0.29, 0.717) is 29.9 Å². The van der Waals surface area contributed by atoms with Gasteiger partial charge in [0.1, 0.15) is 22.3 Å². The van der Waals surface area contributed by atoms with Gasteiger partial charge in [0.15, 0.2) is 0 Å². The summed E-state index contributed by atoms with van der Waals surface area (Å²) < 4.78 is 15.9. The van der Waals surface area contributed by atoms with Crippen LogP contribution in [0.15, 0.2) is 35.3 Å². The largest absolute Gasteiger partial charge is 0.338 e. The van der Waals surface area contributed by atoms with Crippen molar-refractivity contribution in [2.75, 3.05) is 13.1 Å². The number of amides is 1. The summed E-state index contributed by atoms with van der Waals surface area (Å²) in [6.07, 6.45) is 2.38. The van der Waals surface area contributed by atoms with E-state index in [-0.39, 0.29) is 46.3 Å². The van der Waals surface area contributed by atoms with Crippen molar-refractivity contribution in [3.63, 3.8) is 0 Å². The average molecular weight is 436 g/mol. The maximum absolute atomic E-state index is 14.4. The van der Waals surface area contributed by atoms with E-state index < -0.39 is 11.7 Å². The number of nitrogens with zero attached hydrogens (tertiary/aromatic N) is 2. The van der Waals surface area contributed by atoms with Crippen molar-refractivity contribution in [1.29, 1.82) is 0 Å². The quantitative estimate of drug-likeness (QED) is 0.684. The van der Waals surface area contributed by atoms with Gasteiger partial charge < -0.3 is 9.88 Å². The zero-order chi connectivity index (χ0) is 20.7. The van der Waals surface area contributed by atoms with Crippen LogP contribution in [0.1, 0.15) is 34.5 Å². The highest BCUT2D eigenvalue weighted by molar-refractivity contribution is 6.42. The third kappa shape index (κ3) is 3.68. The molecule has 150 valence electrons. The molecule has 29 heavy (non-hydrogen) atoms. The van der Waals surface area contributed by atoms with E-state index in [1.165, 1.54) is 33.7 Å². The molecule has 0 bridgehead atoms. The fourth-order valence-corrected chi connectivity index (χ4v) is 3.95. The van der Waals surface area contributed by atoms with Crippen molar-refractivity contribution in [1.82, 2.24) is 14.3 Å². The van der Waals surface area contributed by atoms with Crippen LogP contribution >= 0.6 is 23.2 Å². The molecule has 0 radical (unpaired) electrons. The number of nitrogens with one attached hydrogen (secondary N) is 1. The average Bonchev–Trinajstić information content (AvgIpc) is 3.01. The minimum atomic E-state index is -0.621. The molecule has 1 N–H and O–H groups in total. The Hall–Kier alpha value is -2.64. The molecule has 1 fully saturated rings. The maximum atomic E-state index is 14.4. The molecule has 1 aromatic carbocycles. The molecule has 0 unspecified atom stereocenters. The van der Waals surface area contributed by atoms with Gasteiger partial charge in [0.05, 0.1) is 10.6 Å². The third-order valence-electron chi connectivity index (χ3n) is 5.04. The van der Waals surface area contributed by atoms with Gasteiger partial charge >= 0.3 is 0 Å². The van der Waals surface area contributed by atoms with Gasteiger partial charge in [0, 0.05) is 44.2 Å². The monoisotopic (exact) mass is 435 g/mol. The first-order valence-corrected chi connectivity index (χ1v) is 9.77. The number of hydrogen-bond donors (Lipinski definition) is 1. The third-order valence-corrected chi connectivity index (χ3v) is 5.80.